The van der Waals surface area contributed by atoms with Gasteiger partial charge in [0.1, 0.15) is 18.1 Å². The van der Waals surface area contributed by atoms with E-state index in [-0.39, 0.29) is 10.6 Å². The quantitative estimate of drug-likeness (QED) is 0.668. The van der Waals surface area contributed by atoms with Crippen LogP contribution >= 0.6 is 27.7 Å². The van der Waals surface area contributed by atoms with Crippen LogP contribution in [-0.4, -0.2) is 35.6 Å². The third kappa shape index (κ3) is 4.42. The second-order valence-electron chi connectivity index (χ2n) is 5.69. The monoisotopic (exact) mass is 464 g/mol. The van der Waals surface area contributed by atoms with E-state index in [2.05, 4.69) is 21.2 Å². The summed E-state index contributed by atoms with van der Waals surface area (Å²) < 4.78 is 19.5. The molecule has 1 aliphatic heterocycles. The summed E-state index contributed by atoms with van der Waals surface area (Å²) in [5, 5.41) is 1.79. The van der Waals surface area contributed by atoms with Crippen LogP contribution in [0.3, 0.4) is 0 Å². The Bertz CT molecular complexity index is 996. The van der Waals surface area contributed by atoms with Crippen LogP contribution in [0.2, 0.25) is 0 Å². The molecular weight excluding hydrogens is 451 g/mol. The van der Waals surface area contributed by atoms with E-state index < -0.39 is 29.4 Å². The minimum atomic E-state index is -0.666. The van der Waals surface area contributed by atoms with Crippen molar-refractivity contribution in [3.05, 3.63) is 63.2 Å². The number of carbonyl (C=O) groups is 3. The second kappa shape index (κ2) is 8.57. The van der Waals surface area contributed by atoms with Crippen LogP contribution in [0, 0.1) is 5.82 Å². The van der Waals surface area contributed by atoms with E-state index in [1.54, 1.807) is 30.3 Å². The largest absolute Gasteiger partial charge is 0.496 e. The summed E-state index contributed by atoms with van der Waals surface area (Å²) in [4.78, 5) is 37.8. The van der Waals surface area contributed by atoms with Crippen LogP contribution in [-0.2, 0) is 9.59 Å². The van der Waals surface area contributed by atoms with E-state index in [9.17, 15) is 18.8 Å². The molecule has 0 saturated carbocycles. The molecule has 3 amide bonds. The Kier molecular flexibility index (Phi) is 6.15. The van der Waals surface area contributed by atoms with Gasteiger partial charge in [-0.2, -0.15) is 0 Å². The van der Waals surface area contributed by atoms with E-state index in [0.29, 0.717) is 15.8 Å². The van der Waals surface area contributed by atoms with Gasteiger partial charge in [0.15, 0.2) is 0 Å². The first kappa shape index (κ1) is 20.1. The van der Waals surface area contributed by atoms with E-state index in [1.807, 2.05) is 0 Å². The lowest BCUT2D eigenvalue weighted by Crippen LogP contribution is -2.36. The smallest absolute Gasteiger partial charge is 0.294 e. The molecule has 0 aliphatic carbocycles. The number of rotatable bonds is 5. The van der Waals surface area contributed by atoms with Crippen molar-refractivity contribution in [1.82, 2.24) is 4.90 Å². The summed E-state index contributed by atoms with van der Waals surface area (Å²) in [6.45, 7) is -0.497. The van der Waals surface area contributed by atoms with Crippen LogP contribution < -0.4 is 10.1 Å². The van der Waals surface area contributed by atoms with Crippen molar-refractivity contribution >= 4 is 56.5 Å². The topological polar surface area (TPSA) is 75.7 Å². The van der Waals surface area contributed by atoms with Gasteiger partial charge in [-0.05, 0) is 63.6 Å². The number of carbonyl (C=O) groups excluding carboxylic acids is 3. The molecule has 28 heavy (non-hydrogen) atoms. The molecule has 9 heteroatoms. The summed E-state index contributed by atoms with van der Waals surface area (Å²) in [7, 11) is 1.54. The van der Waals surface area contributed by atoms with Gasteiger partial charge in [0.25, 0.3) is 11.1 Å². The Morgan fingerprint density at radius 3 is 2.71 bits per heavy atom. The molecule has 1 aliphatic rings. The average molecular weight is 465 g/mol. The number of methoxy groups -OCH3 is 1. The molecule has 2 aromatic carbocycles. The van der Waals surface area contributed by atoms with Crippen molar-refractivity contribution < 1.29 is 23.5 Å². The molecule has 0 radical (unpaired) electrons. The van der Waals surface area contributed by atoms with Crippen molar-refractivity contribution in [2.24, 2.45) is 0 Å². The summed E-state index contributed by atoms with van der Waals surface area (Å²) in [5.41, 5.74) is 0.673. The standard InChI is InChI=1S/C19H14BrFN2O4S/c1-27-15-7-6-11(8-12(15)20)9-16-18(25)23(19(26)28-16)10-17(24)22-14-5-3-2-4-13(14)21/h2-9H,10H2,1H3,(H,22,24)/b16-9-. The highest BCUT2D eigenvalue weighted by Crippen LogP contribution is 2.33. The normalized spacial score (nSPS) is 15.2. The summed E-state index contributed by atoms with van der Waals surface area (Å²) >= 11 is 4.10. The van der Waals surface area contributed by atoms with Crippen molar-refractivity contribution in [2.75, 3.05) is 19.0 Å². The Hall–Kier alpha value is -2.65. The Labute approximate surface area is 172 Å². The van der Waals surface area contributed by atoms with Crippen LogP contribution in [0.4, 0.5) is 14.9 Å². The van der Waals surface area contributed by atoms with Gasteiger partial charge in [0.2, 0.25) is 5.91 Å². The van der Waals surface area contributed by atoms with Crippen LogP contribution in [0.25, 0.3) is 6.08 Å². The highest BCUT2D eigenvalue weighted by molar-refractivity contribution is 9.10. The number of ether oxygens (including phenoxy) is 1. The fraction of sp³-hybridized carbons (Fsp3) is 0.105. The van der Waals surface area contributed by atoms with Crippen molar-refractivity contribution in [1.29, 1.82) is 0 Å². The molecule has 3 rings (SSSR count). The third-order valence-corrected chi connectivity index (χ3v) is 5.32. The maximum Gasteiger partial charge on any atom is 0.294 e. The highest BCUT2D eigenvalue weighted by Gasteiger charge is 2.36. The molecule has 1 N–H and O–H groups in total. The van der Waals surface area contributed by atoms with Crippen LogP contribution in [0.15, 0.2) is 51.8 Å². The van der Waals surface area contributed by atoms with E-state index in [1.165, 1.54) is 25.3 Å². The lowest BCUT2D eigenvalue weighted by atomic mass is 10.2. The molecule has 1 saturated heterocycles. The van der Waals surface area contributed by atoms with Gasteiger partial charge in [-0.3, -0.25) is 19.3 Å². The van der Waals surface area contributed by atoms with Gasteiger partial charge in [0, 0.05) is 0 Å². The number of imide groups is 1. The molecule has 2 aromatic rings. The zero-order valence-electron chi connectivity index (χ0n) is 14.6. The molecule has 6 nitrogen and oxygen atoms in total. The van der Waals surface area contributed by atoms with Crippen molar-refractivity contribution in [3.8, 4) is 5.75 Å². The van der Waals surface area contributed by atoms with Gasteiger partial charge < -0.3 is 10.1 Å². The lowest BCUT2D eigenvalue weighted by Gasteiger charge is -2.12. The predicted molar refractivity (Wildman–Crippen MR) is 108 cm³/mol. The second-order valence-corrected chi connectivity index (χ2v) is 7.54. The van der Waals surface area contributed by atoms with E-state index in [4.69, 9.17) is 4.74 Å². The minimum absolute atomic E-state index is 0.0157. The Morgan fingerprint density at radius 1 is 1.29 bits per heavy atom. The van der Waals surface area contributed by atoms with E-state index in [0.717, 1.165) is 16.7 Å². The number of nitrogens with zero attached hydrogens (tertiary/aromatic N) is 1. The maximum atomic E-state index is 13.6. The zero-order chi connectivity index (χ0) is 20.3. The highest BCUT2D eigenvalue weighted by atomic mass is 79.9. The predicted octanol–water partition coefficient (Wildman–Crippen LogP) is 4.27. The molecular formula is C19H14BrFN2O4S. The molecule has 0 aromatic heterocycles. The van der Waals surface area contributed by atoms with Gasteiger partial charge in [-0.1, -0.05) is 18.2 Å². The minimum Gasteiger partial charge on any atom is -0.496 e. The van der Waals surface area contributed by atoms with Crippen LogP contribution in [0.5, 0.6) is 5.75 Å². The van der Waals surface area contributed by atoms with Crippen molar-refractivity contribution in [3.63, 3.8) is 0 Å². The summed E-state index contributed by atoms with van der Waals surface area (Å²) in [6, 6.07) is 10.9. The molecule has 144 valence electrons. The average Bonchev–Trinajstić information content (AvgIpc) is 2.91. The summed E-state index contributed by atoms with van der Waals surface area (Å²) in [6.07, 6.45) is 1.56. The Morgan fingerprint density at radius 2 is 2.04 bits per heavy atom. The number of anilines is 1. The summed E-state index contributed by atoms with van der Waals surface area (Å²) in [5.74, 6) is -1.21. The number of amides is 3. The first-order valence-corrected chi connectivity index (χ1v) is 9.63. The number of benzene rings is 2. The fourth-order valence-electron chi connectivity index (χ4n) is 2.46. The third-order valence-electron chi connectivity index (χ3n) is 3.80. The SMILES string of the molecule is COc1ccc(/C=C2\SC(=O)N(CC(=O)Nc3ccccc3F)C2=O)cc1Br. The molecule has 1 fully saturated rings. The molecule has 0 spiro atoms. The van der Waals surface area contributed by atoms with Gasteiger partial charge in [-0.15, -0.1) is 0 Å². The molecule has 0 atom stereocenters. The molecule has 0 unspecified atom stereocenters. The number of hydrogen-bond acceptors (Lipinski definition) is 5. The van der Waals surface area contributed by atoms with Crippen LogP contribution in [0.1, 0.15) is 5.56 Å². The number of hydrogen-bond donors (Lipinski definition) is 1. The van der Waals surface area contributed by atoms with E-state index >= 15 is 0 Å². The van der Waals surface area contributed by atoms with Gasteiger partial charge >= 0.3 is 0 Å². The molecule has 1 heterocycles. The van der Waals surface area contributed by atoms with Crippen molar-refractivity contribution in [2.45, 2.75) is 0 Å². The first-order chi connectivity index (χ1) is 13.4. The Balaban J connectivity index is 1.72. The van der Waals surface area contributed by atoms with Gasteiger partial charge in [0.05, 0.1) is 22.2 Å². The number of halogens is 2. The number of para-hydroxylation sites is 1. The first-order valence-electron chi connectivity index (χ1n) is 8.02. The lowest BCUT2D eigenvalue weighted by molar-refractivity contribution is -0.127. The number of nitrogens with one attached hydrogen (secondary N) is 1. The maximum absolute atomic E-state index is 13.6. The number of thioether (sulfide) groups is 1. The molecule has 0 bridgehead atoms. The zero-order valence-corrected chi connectivity index (χ0v) is 17.0. The van der Waals surface area contributed by atoms with Gasteiger partial charge in [-0.25, -0.2) is 4.39 Å². The fourth-order valence-corrected chi connectivity index (χ4v) is 3.85.